The number of hydrogen-bond donors (Lipinski definition) is 0. The molecule has 2 rings (SSSR count). The highest BCUT2D eigenvalue weighted by atomic mass is 16.2. The number of likely N-dealkylation sites (tertiary alicyclic amines) is 2. The molecule has 134 valence electrons. The first-order valence-corrected chi connectivity index (χ1v) is 9.98. The van der Waals surface area contributed by atoms with Crippen LogP contribution in [0, 0.1) is 23.7 Å². The lowest BCUT2D eigenvalue weighted by Crippen LogP contribution is -2.40. The van der Waals surface area contributed by atoms with E-state index in [-0.39, 0.29) is 5.92 Å². The normalized spacial score (nSPS) is 22.3. The zero-order chi connectivity index (χ0) is 16.8. The highest BCUT2D eigenvalue weighted by Gasteiger charge is 2.25. The summed E-state index contributed by atoms with van der Waals surface area (Å²) in [6.45, 7) is 14.6. The van der Waals surface area contributed by atoms with E-state index in [1.165, 1.54) is 58.2 Å². The molecule has 0 unspecified atom stereocenters. The van der Waals surface area contributed by atoms with Crippen molar-refractivity contribution in [1.82, 2.24) is 9.80 Å². The Kier molecular flexibility index (Phi) is 7.39. The Morgan fingerprint density at radius 1 is 0.957 bits per heavy atom. The van der Waals surface area contributed by atoms with Gasteiger partial charge < -0.3 is 9.80 Å². The van der Waals surface area contributed by atoms with Crippen LogP contribution in [0.1, 0.15) is 66.2 Å². The number of hydrogen-bond acceptors (Lipinski definition) is 2. The first kappa shape index (κ1) is 18.8. The second kappa shape index (κ2) is 9.05. The van der Waals surface area contributed by atoms with Gasteiger partial charge in [0.2, 0.25) is 5.91 Å². The van der Waals surface area contributed by atoms with Crippen molar-refractivity contribution in [3.63, 3.8) is 0 Å². The number of carbonyl (C=O) groups is 1. The molecule has 2 heterocycles. The number of carbonyl (C=O) groups excluding carboxylic acids is 1. The fourth-order valence-electron chi connectivity index (χ4n) is 4.25. The van der Waals surface area contributed by atoms with Crippen molar-refractivity contribution in [3.8, 4) is 0 Å². The first-order chi connectivity index (χ1) is 11.0. The molecular formula is C20H38N2O. The summed E-state index contributed by atoms with van der Waals surface area (Å²) in [5.41, 5.74) is 0. The van der Waals surface area contributed by atoms with Crippen LogP contribution in [0.15, 0.2) is 0 Å². The number of amides is 1. The van der Waals surface area contributed by atoms with Gasteiger partial charge in [0.25, 0.3) is 0 Å². The third-order valence-electron chi connectivity index (χ3n) is 6.08. The predicted octanol–water partition coefficient (Wildman–Crippen LogP) is 4.03. The molecule has 0 aromatic heterocycles. The Bertz CT molecular complexity index is 351. The van der Waals surface area contributed by atoms with E-state index in [4.69, 9.17) is 0 Å². The molecule has 0 bridgehead atoms. The van der Waals surface area contributed by atoms with E-state index < -0.39 is 0 Å². The largest absolute Gasteiger partial charge is 0.342 e. The van der Waals surface area contributed by atoms with Crippen LogP contribution in [0.5, 0.6) is 0 Å². The Labute approximate surface area is 143 Å². The molecule has 0 atom stereocenters. The summed E-state index contributed by atoms with van der Waals surface area (Å²) in [6, 6.07) is 0. The SMILES string of the molecule is CC(C)C(=O)N1CCC(CCCN2CCC(C(C)C)CC2)CC1. The topological polar surface area (TPSA) is 23.6 Å². The van der Waals surface area contributed by atoms with E-state index in [1.54, 1.807) is 0 Å². The molecule has 0 aliphatic carbocycles. The second-order valence-corrected chi connectivity index (χ2v) is 8.49. The van der Waals surface area contributed by atoms with Crippen molar-refractivity contribution in [2.45, 2.75) is 66.2 Å². The van der Waals surface area contributed by atoms with Crippen molar-refractivity contribution in [3.05, 3.63) is 0 Å². The van der Waals surface area contributed by atoms with Gasteiger partial charge in [0.1, 0.15) is 0 Å². The lowest BCUT2D eigenvalue weighted by Gasteiger charge is -2.35. The monoisotopic (exact) mass is 322 g/mol. The van der Waals surface area contributed by atoms with Gasteiger partial charge in [0.15, 0.2) is 0 Å². The fourth-order valence-corrected chi connectivity index (χ4v) is 4.25. The minimum Gasteiger partial charge on any atom is -0.342 e. The third-order valence-corrected chi connectivity index (χ3v) is 6.08. The van der Waals surface area contributed by atoms with Gasteiger partial charge in [-0.15, -0.1) is 0 Å². The summed E-state index contributed by atoms with van der Waals surface area (Å²) in [7, 11) is 0. The van der Waals surface area contributed by atoms with E-state index >= 15 is 0 Å². The molecule has 2 aliphatic heterocycles. The van der Waals surface area contributed by atoms with Gasteiger partial charge in [-0.25, -0.2) is 0 Å². The van der Waals surface area contributed by atoms with Crippen LogP contribution in [0.3, 0.4) is 0 Å². The Hall–Kier alpha value is -0.570. The quantitative estimate of drug-likeness (QED) is 0.737. The average molecular weight is 323 g/mol. The maximum absolute atomic E-state index is 12.0. The van der Waals surface area contributed by atoms with Crippen LogP contribution in [0.25, 0.3) is 0 Å². The molecule has 3 nitrogen and oxygen atoms in total. The summed E-state index contributed by atoms with van der Waals surface area (Å²) in [5, 5.41) is 0. The molecule has 0 spiro atoms. The van der Waals surface area contributed by atoms with Crippen LogP contribution in [-0.2, 0) is 4.79 Å². The summed E-state index contributed by atoms with van der Waals surface area (Å²) < 4.78 is 0. The molecule has 2 fully saturated rings. The van der Waals surface area contributed by atoms with Crippen LogP contribution < -0.4 is 0 Å². The summed E-state index contributed by atoms with van der Waals surface area (Å²) in [4.78, 5) is 16.8. The van der Waals surface area contributed by atoms with Crippen LogP contribution in [0.2, 0.25) is 0 Å². The van der Waals surface area contributed by atoms with Gasteiger partial charge in [-0.2, -0.15) is 0 Å². The molecule has 2 aliphatic rings. The fraction of sp³-hybridized carbons (Fsp3) is 0.950. The standard InChI is InChI=1S/C20H38N2O/c1-16(2)19-9-12-21(13-10-19)11-5-6-18-7-14-22(15-8-18)20(23)17(3)4/h16-19H,5-15H2,1-4H3. The summed E-state index contributed by atoms with van der Waals surface area (Å²) in [6.07, 6.45) is 7.92. The van der Waals surface area contributed by atoms with Gasteiger partial charge in [0.05, 0.1) is 0 Å². The number of piperidine rings is 2. The number of nitrogens with zero attached hydrogens (tertiary/aromatic N) is 2. The molecule has 2 saturated heterocycles. The molecule has 0 saturated carbocycles. The predicted molar refractivity (Wildman–Crippen MR) is 97.4 cm³/mol. The Morgan fingerprint density at radius 3 is 2.09 bits per heavy atom. The maximum atomic E-state index is 12.0. The van der Waals surface area contributed by atoms with Gasteiger partial charge >= 0.3 is 0 Å². The zero-order valence-electron chi connectivity index (χ0n) is 15.9. The highest BCUT2D eigenvalue weighted by Crippen LogP contribution is 2.26. The van der Waals surface area contributed by atoms with Crippen molar-refractivity contribution >= 4 is 5.91 Å². The van der Waals surface area contributed by atoms with Crippen molar-refractivity contribution in [2.75, 3.05) is 32.7 Å². The Morgan fingerprint density at radius 2 is 1.57 bits per heavy atom. The van der Waals surface area contributed by atoms with Crippen LogP contribution in [0.4, 0.5) is 0 Å². The Balaban J connectivity index is 1.57. The average Bonchev–Trinajstić information content (AvgIpc) is 2.55. The lowest BCUT2D eigenvalue weighted by molar-refractivity contribution is -0.135. The van der Waals surface area contributed by atoms with Crippen molar-refractivity contribution in [1.29, 1.82) is 0 Å². The van der Waals surface area contributed by atoms with E-state index in [0.717, 1.165) is 30.8 Å². The number of rotatable bonds is 6. The maximum Gasteiger partial charge on any atom is 0.225 e. The molecule has 0 aromatic carbocycles. The molecule has 23 heavy (non-hydrogen) atoms. The second-order valence-electron chi connectivity index (χ2n) is 8.49. The third kappa shape index (κ3) is 5.77. The van der Waals surface area contributed by atoms with Gasteiger partial charge in [-0.1, -0.05) is 27.7 Å². The van der Waals surface area contributed by atoms with Crippen molar-refractivity contribution in [2.24, 2.45) is 23.7 Å². The highest BCUT2D eigenvalue weighted by molar-refractivity contribution is 5.78. The van der Waals surface area contributed by atoms with E-state index in [9.17, 15) is 4.79 Å². The zero-order valence-corrected chi connectivity index (χ0v) is 15.9. The minimum absolute atomic E-state index is 0.153. The lowest BCUT2D eigenvalue weighted by atomic mass is 9.86. The van der Waals surface area contributed by atoms with Crippen molar-refractivity contribution < 1.29 is 4.79 Å². The van der Waals surface area contributed by atoms with E-state index in [2.05, 4.69) is 23.6 Å². The molecule has 0 radical (unpaired) electrons. The van der Waals surface area contributed by atoms with Gasteiger partial charge in [-0.05, 0) is 75.9 Å². The smallest absolute Gasteiger partial charge is 0.225 e. The molecule has 3 heteroatoms. The van der Waals surface area contributed by atoms with Crippen LogP contribution in [-0.4, -0.2) is 48.4 Å². The summed E-state index contributed by atoms with van der Waals surface area (Å²) >= 11 is 0. The molecular weight excluding hydrogens is 284 g/mol. The first-order valence-electron chi connectivity index (χ1n) is 9.98. The molecule has 0 aromatic rings. The van der Waals surface area contributed by atoms with E-state index in [1.807, 2.05) is 13.8 Å². The van der Waals surface area contributed by atoms with E-state index in [0.29, 0.717) is 5.91 Å². The molecule has 0 N–H and O–H groups in total. The minimum atomic E-state index is 0.153. The van der Waals surface area contributed by atoms with Crippen LogP contribution >= 0.6 is 0 Å². The summed E-state index contributed by atoms with van der Waals surface area (Å²) in [5.74, 6) is 3.15. The molecule has 1 amide bonds. The van der Waals surface area contributed by atoms with Gasteiger partial charge in [-0.3, -0.25) is 4.79 Å². The van der Waals surface area contributed by atoms with Gasteiger partial charge in [0, 0.05) is 19.0 Å².